The van der Waals surface area contributed by atoms with Crippen LogP contribution in [0, 0.1) is 0 Å². The molecule has 0 aliphatic carbocycles. The van der Waals surface area contributed by atoms with Gasteiger partial charge in [-0.25, -0.2) is 0 Å². The second-order valence-corrected chi connectivity index (χ2v) is 8.92. The summed E-state index contributed by atoms with van der Waals surface area (Å²) in [6, 6.07) is 0. The molecule has 29 heavy (non-hydrogen) atoms. The molecule has 0 aromatic carbocycles. The molecule has 1 aliphatic heterocycles. The van der Waals surface area contributed by atoms with Gasteiger partial charge in [-0.2, -0.15) is 0 Å². The maximum absolute atomic E-state index is 11.7. The molecular formula is C18H26O10Se. The fourth-order valence-corrected chi connectivity index (χ4v) is 5.28. The van der Waals surface area contributed by atoms with Crippen molar-refractivity contribution in [1.82, 2.24) is 0 Å². The number of esters is 4. The fraction of sp³-hybridized carbons (Fsp3) is 0.722. The van der Waals surface area contributed by atoms with Gasteiger partial charge >= 0.3 is 175 Å². The Balaban J connectivity index is 3.22. The van der Waals surface area contributed by atoms with Crippen LogP contribution in [0.15, 0.2) is 0 Å². The molecule has 0 amide bonds. The molecule has 0 saturated carbocycles. The maximum atomic E-state index is 11.7. The molecule has 0 bridgehead atoms. The minimum atomic E-state index is -1.15. The molecular weight excluding hydrogens is 455 g/mol. The molecule has 0 aromatic rings. The Bertz CT molecular complexity index is 634. The van der Waals surface area contributed by atoms with Crippen molar-refractivity contribution in [3.8, 4) is 0 Å². The summed E-state index contributed by atoms with van der Waals surface area (Å²) in [6.45, 7) is 5.94. The van der Waals surface area contributed by atoms with E-state index in [-0.39, 0.29) is 27.3 Å². The number of Topliss-reactive ketones (excluding diaryl/α,β-unsaturated/α-hetero) is 1. The average Bonchev–Trinajstić information content (AvgIpc) is 2.56. The van der Waals surface area contributed by atoms with Crippen molar-refractivity contribution in [2.75, 3.05) is 6.61 Å². The topological polar surface area (TPSA) is 132 Å². The molecule has 1 rings (SSSR count). The number of hydrogen-bond acceptors (Lipinski definition) is 10. The van der Waals surface area contributed by atoms with Crippen LogP contribution in [0.25, 0.3) is 0 Å². The van der Waals surface area contributed by atoms with Gasteiger partial charge in [0.2, 0.25) is 0 Å². The summed E-state index contributed by atoms with van der Waals surface area (Å²) >= 11 is -0.347. The zero-order valence-electron chi connectivity index (χ0n) is 17.0. The standard InChI is InChI=1S/C18H26O10Se/c1-9(19)6-7-29-18-17(27-13(5)23)16(26-12(4)22)15(25-11(3)21)14(28-18)8-24-10(2)20/h14-18H,6-8H2,1-5H3. The molecule has 0 aromatic heterocycles. The zero-order valence-corrected chi connectivity index (χ0v) is 18.7. The van der Waals surface area contributed by atoms with E-state index in [0.717, 1.165) is 6.92 Å². The van der Waals surface area contributed by atoms with E-state index < -0.39 is 53.3 Å². The normalized spacial score (nSPS) is 26.2. The first-order valence-corrected chi connectivity index (χ1v) is 11.1. The van der Waals surface area contributed by atoms with E-state index in [4.69, 9.17) is 23.7 Å². The van der Waals surface area contributed by atoms with Crippen LogP contribution in [0.4, 0.5) is 0 Å². The Hall–Kier alpha value is -1.97. The van der Waals surface area contributed by atoms with Gasteiger partial charge in [0.15, 0.2) is 0 Å². The van der Waals surface area contributed by atoms with Gasteiger partial charge < -0.3 is 0 Å². The Kier molecular flexibility index (Phi) is 10.3. The summed E-state index contributed by atoms with van der Waals surface area (Å²) in [7, 11) is 0. The Morgan fingerprint density at radius 2 is 1.28 bits per heavy atom. The molecule has 1 heterocycles. The van der Waals surface area contributed by atoms with Crippen molar-refractivity contribution >= 4 is 44.6 Å². The molecule has 0 spiro atoms. The van der Waals surface area contributed by atoms with Gasteiger partial charge in [0.05, 0.1) is 0 Å². The molecule has 10 nitrogen and oxygen atoms in total. The summed E-state index contributed by atoms with van der Waals surface area (Å²) < 4.78 is 26.9. The third-order valence-corrected chi connectivity index (χ3v) is 6.09. The van der Waals surface area contributed by atoms with E-state index in [9.17, 15) is 24.0 Å². The first kappa shape index (κ1) is 25.1. The van der Waals surface area contributed by atoms with Gasteiger partial charge in [-0.3, -0.25) is 0 Å². The zero-order chi connectivity index (χ0) is 22.1. The van der Waals surface area contributed by atoms with Gasteiger partial charge in [-0.1, -0.05) is 0 Å². The average molecular weight is 481 g/mol. The molecule has 5 unspecified atom stereocenters. The van der Waals surface area contributed by atoms with Crippen molar-refractivity contribution in [3.63, 3.8) is 0 Å². The predicted molar refractivity (Wildman–Crippen MR) is 97.8 cm³/mol. The van der Waals surface area contributed by atoms with Gasteiger partial charge in [0, 0.05) is 0 Å². The molecule has 0 radical (unpaired) electrons. The summed E-state index contributed by atoms with van der Waals surface area (Å²) in [5.74, 6) is -2.56. The van der Waals surface area contributed by atoms with Crippen molar-refractivity contribution in [3.05, 3.63) is 0 Å². The quantitative estimate of drug-likeness (QED) is 0.255. The third-order valence-electron chi connectivity index (χ3n) is 3.68. The molecule has 1 fully saturated rings. The van der Waals surface area contributed by atoms with Crippen LogP contribution in [-0.4, -0.2) is 80.6 Å². The number of carbonyl (C=O) groups is 5. The van der Waals surface area contributed by atoms with Gasteiger partial charge in [-0.15, -0.1) is 0 Å². The van der Waals surface area contributed by atoms with E-state index in [0.29, 0.717) is 11.7 Å². The van der Waals surface area contributed by atoms with Gasteiger partial charge in [0.25, 0.3) is 0 Å². The van der Waals surface area contributed by atoms with E-state index in [1.165, 1.54) is 27.7 Å². The van der Waals surface area contributed by atoms with Crippen molar-refractivity contribution < 1.29 is 47.7 Å². The van der Waals surface area contributed by atoms with Crippen LogP contribution in [0.3, 0.4) is 0 Å². The molecule has 1 aliphatic rings. The van der Waals surface area contributed by atoms with Crippen molar-refractivity contribution in [2.45, 2.75) is 75.8 Å². The van der Waals surface area contributed by atoms with Crippen LogP contribution in [0.2, 0.25) is 5.32 Å². The molecule has 5 atom stereocenters. The molecule has 11 heteroatoms. The van der Waals surface area contributed by atoms with Crippen molar-refractivity contribution in [1.29, 1.82) is 0 Å². The summed E-state index contributed by atoms with van der Waals surface area (Å²) in [6.07, 6.45) is -3.98. The van der Waals surface area contributed by atoms with Crippen LogP contribution in [0.5, 0.6) is 0 Å². The van der Waals surface area contributed by atoms with E-state index in [1.54, 1.807) is 0 Å². The second-order valence-electron chi connectivity index (χ2n) is 6.39. The van der Waals surface area contributed by atoms with E-state index in [1.807, 2.05) is 0 Å². The van der Waals surface area contributed by atoms with Crippen LogP contribution >= 0.6 is 0 Å². The number of ether oxygens (including phenoxy) is 5. The van der Waals surface area contributed by atoms with E-state index >= 15 is 0 Å². The first-order valence-electron chi connectivity index (χ1n) is 8.92. The molecule has 0 N–H and O–H groups in total. The summed E-state index contributed by atoms with van der Waals surface area (Å²) in [5.41, 5.74) is 0. The molecule has 164 valence electrons. The fourth-order valence-electron chi connectivity index (χ4n) is 2.64. The van der Waals surface area contributed by atoms with Gasteiger partial charge in [-0.05, 0) is 0 Å². The van der Waals surface area contributed by atoms with E-state index in [2.05, 4.69) is 0 Å². The SMILES string of the molecule is CC(=O)CC[Se]C1OC(COC(C)=O)C(OC(C)=O)C(OC(C)=O)C1OC(C)=O. The predicted octanol–water partition coefficient (Wildman–Crippen LogP) is 0.171. The monoisotopic (exact) mass is 482 g/mol. The van der Waals surface area contributed by atoms with Crippen LogP contribution in [-0.2, 0) is 47.7 Å². The Morgan fingerprint density at radius 1 is 0.759 bits per heavy atom. The first-order chi connectivity index (χ1) is 13.5. The number of hydrogen-bond donors (Lipinski definition) is 0. The summed E-state index contributed by atoms with van der Waals surface area (Å²) in [4.78, 5) is 57.5. The number of carbonyl (C=O) groups excluding carboxylic acids is 5. The van der Waals surface area contributed by atoms with Crippen LogP contribution < -0.4 is 0 Å². The third kappa shape index (κ3) is 8.93. The Morgan fingerprint density at radius 3 is 1.76 bits per heavy atom. The number of rotatable bonds is 9. The molecule has 1 saturated heterocycles. The van der Waals surface area contributed by atoms with Crippen LogP contribution in [0.1, 0.15) is 41.0 Å². The minimum absolute atomic E-state index is 0.00231. The van der Waals surface area contributed by atoms with Gasteiger partial charge in [0.1, 0.15) is 0 Å². The summed E-state index contributed by atoms with van der Waals surface area (Å²) in [5, 5.41) is -0.210. The number of ketones is 1. The van der Waals surface area contributed by atoms with Crippen molar-refractivity contribution in [2.24, 2.45) is 0 Å². The second kappa shape index (κ2) is 11.9. The Labute approximate surface area is 175 Å².